The summed E-state index contributed by atoms with van der Waals surface area (Å²) in [7, 11) is 0. The van der Waals surface area contributed by atoms with Gasteiger partial charge in [-0.1, -0.05) is 11.6 Å². The number of anilines is 1. The van der Waals surface area contributed by atoms with Gasteiger partial charge in [-0.05, 0) is 38.8 Å². The van der Waals surface area contributed by atoms with Gasteiger partial charge in [-0.15, -0.1) is 0 Å². The van der Waals surface area contributed by atoms with Gasteiger partial charge in [-0.25, -0.2) is 19.2 Å². The molecule has 3 saturated heterocycles. The number of carbonyl (C=O) groups excluding carboxylic acids is 1. The Bertz CT molecular complexity index is 924. The number of halogens is 3. The Morgan fingerprint density at radius 2 is 1.93 bits per heavy atom. The molecule has 3 aliphatic rings. The molecule has 2 atom stereocenters. The number of piperidine rings is 1. The molecule has 3 fully saturated rings. The first-order valence-corrected chi connectivity index (χ1v) is 9.33. The first-order chi connectivity index (χ1) is 12.6. The molecule has 2 aromatic heterocycles. The number of rotatable bonds is 1. The van der Waals surface area contributed by atoms with Crippen molar-refractivity contribution < 1.29 is 13.9 Å². The van der Waals surface area contributed by atoms with Gasteiger partial charge in [0.25, 0.3) is 0 Å². The van der Waals surface area contributed by atoms with Crippen molar-refractivity contribution in [1.29, 1.82) is 0 Å². The zero-order valence-electron chi connectivity index (χ0n) is 15.0. The zero-order valence-corrected chi connectivity index (χ0v) is 16.6. The molecule has 144 valence electrons. The number of piperazine rings is 1. The number of carbonyl (C=O) groups is 1. The molecule has 1 amide bonds. The van der Waals surface area contributed by atoms with Crippen molar-refractivity contribution in [2.24, 2.45) is 0 Å². The van der Waals surface area contributed by atoms with Crippen LogP contribution in [0.4, 0.5) is 15.0 Å². The van der Waals surface area contributed by atoms with Gasteiger partial charge in [0, 0.05) is 19.3 Å². The van der Waals surface area contributed by atoms with E-state index in [0.29, 0.717) is 24.3 Å². The number of fused-ring (bicyclic) bond motifs is 3. The summed E-state index contributed by atoms with van der Waals surface area (Å²) >= 11 is 11.8. The van der Waals surface area contributed by atoms with Gasteiger partial charge in [0.2, 0.25) is 5.28 Å². The first kappa shape index (κ1) is 18.4. The molecule has 5 rings (SSSR count). The molecule has 0 spiro atoms. The predicted molar refractivity (Wildman–Crippen MR) is 99.8 cm³/mol. The van der Waals surface area contributed by atoms with Gasteiger partial charge >= 0.3 is 6.09 Å². The third-order valence-corrected chi connectivity index (χ3v) is 5.12. The molecule has 0 saturated carbocycles. The number of nitrogens with zero attached hydrogens (tertiary/aromatic N) is 5. The highest BCUT2D eigenvalue weighted by Gasteiger charge is 2.48. The van der Waals surface area contributed by atoms with E-state index in [1.54, 1.807) is 4.90 Å². The Labute approximate surface area is 165 Å². The van der Waals surface area contributed by atoms with E-state index >= 15 is 0 Å². The SMILES string of the molecule is CC(C)(C)OC(=O)N1CC2CC(C1)N2c1nc(Cl)nc2c(F)c(Cl)ncc12. The van der Waals surface area contributed by atoms with Gasteiger partial charge < -0.3 is 14.5 Å². The minimum absolute atomic E-state index is 0.0407. The van der Waals surface area contributed by atoms with E-state index in [9.17, 15) is 9.18 Å². The molecule has 2 aromatic rings. The highest BCUT2D eigenvalue weighted by atomic mass is 35.5. The number of hydrogen-bond donors (Lipinski definition) is 0. The summed E-state index contributed by atoms with van der Waals surface area (Å²) in [5.74, 6) is -0.209. The lowest BCUT2D eigenvalue weighted by atomic mass is 9.87. The summed E-state index contributed by atoms with van der Waals surface area (Å²) in [5.41, 5.74) is -0.504. The van der Waals surface area contributed by atoms with E-state index in [-0.39, 0.29) is 34.1 Å². The number of hydrogen-bond acceptors (Lipinski definition) is 6. The van der Waals surface area contributed by atoms with E-state index in [2.05, 4.69) is 15.0 Å². The Kier molecular flexibility index (Phi) is 4.31. The molecule has 2 unspecified atom stereocenters. The summed E-state index contributed by atoms with van der Waals surface area (Å²) in [6, 6.07) is 0.0911. The van der Waals surface area contributed by atoms with Crippen LogP contribution in [0, 0.1) is 5.82 Å². The van der Waals surface area contributed by atoms with Crippen LogP contribution in [-0.2, 0) is 4.74 Å². The first-order valence-electron chi connectivity index (χ1n) is 8.57. The fraction of sp³-hybridized carbons (Fsp3) is 0.529. The maximum Gasteiger partial charge on any atom is 0.410 e. The van der Waals surface area contributed by atoms with E-state index in [1.165, 1.54) is 6.20 Å². The predicted octanol–water partition coefficient (Wildman–Crippen LogP) is 3.67. The zero-order chi connectivity index (χ0) is 19.5. The molecule has 10 heteroatoms. The molecule has 0 radical (unpaired) electrons. The average Bonchev–Trinajstić information content (AvgIpc) is 2.57. The highest BCUT2D eigenvalue weighted by Crippen LogP contribution is 2.40. The Morgan fingerprint density at radius 1 is 1.26 bits per heavy atom. The molecular formula is C17H18Cl2FN5O2. The Balaban J connectivity index is 1.62. The van der Waals surface area contributed by atoms with Gasteiger partial charge in [0.15, 0.2) is 11.0 Å². The van der Waals surface area contributed by atoms with Crippen LogP contribution in [0.25, 0.3) is 10.9 Å². The monoisotopic (exact) mass is 413 g/mol. The topological polar surface area (TPSA) is 71.5 Å². The van der Waals surface area contributed by atoms with Crippen molar-refractivity contribution in [2.75, 3.05) is 18.0 Å². The Hall–Kier alpha value is -1.93. The molecule has 0 aliphatic carbocycles. The van der Waals surface area contributed by atoms with Gasteiger partial charge in [-0.2, -0.15) is 4.98 Å². The van der Waals surface area contributed by atoms with Crippen molar-refractivity contribution in [3.05, 3.63) is 22.5 Å². The summed E-state index contributed by atoms with van der Waals surface area (Å²) in [5, 5.41) is 0.123. The fourth-order valence-electron chi connectivity index (χ4n) is 3.62. The van der Waals surface area contributed by atoms with E-state index in [0.717, 1.165) is 6.42 Å². The smallest absolute Gasteiger partial charge is 0.410 e. The summed E-state index contributed by atoms with van der Waals surface area (Å²) in [6.45, 7) is 6.51. The maximum atomic E-state index is 14.3. The number of ether oxygens (including phenoxy) is 1. The van der Waals surface area contributed by atoms with Crippen LogP contribution in [-0.4, -0.2) is 56.7 Å². The fourth-order valence-corrected chi connectivity index (χ4v) is 3.92. The molecule has 0 aromatic carbocycles. The summed E-state index contributed by atoms with van der Waals surface area (Å²) < 4.78 is 19.8. The Morgan fingerprint density at radius 3 is 2.56 bits per heavy atom. The lowest BCUT2D eigenvalue weighted by molar-refractivity contribution is 0.00847. The van der Waals surface area contributed by atoms with Crippen molar-refractivity contribution in [2.45, 2.75) is 44.9 Å². The lowest BCUT2D eigenvalue weighted by Crippen LogP contribution is -2.70. The third-order valence-electron chi connectivity index (χ3n) is 4.68. The molecule has 3 aliphatic heterocycles. The number of amides is 1. The molecule has 5 heterocycles. The van der Waals surface area contributed by atoms with Crippen LogP contribution in [0.2, 0.25) is 10.4 Å². The van der Waals surface area contributed by atoms with Gasteiger partial charge in [-0.3, -0.25) is 0 Å². The van der Waals surface area contributed by atoms with E-state index in [1.807, 2.05) is 25.7 Å². The third kappa shape index (κ3) is 3.25. The van der Waals surface area contributed by atoms with Crippen LogP contribution in [0.15, 0.2) is 6.20 Å². The van der Waals surface area contributed by atoms with Crippen molar-refractivity contribution >= 4 is 46.0 Å². The van der Waals surface area contributed by atoms with Crippen LogP contribution in [0.1, 0.15) is 27.2 Å². The molecule has 0 N–H and O–H groups in total. The normalized spacial score (nSPS) is 22.0. The van der Waals surface area contributed by atoms with Crippen molar-refractivity contribution in [1.82, 2.24) is 19.9 Å². The summed E-state index contributed by atoms with van der Waals surface area (Å²) in [4.78, 5) is 28.2. The van der Waals surface area contributed by atoms with E-state index in [4.69, 9.17) is 27.9 Å². The summed E-state index contributed by atoms with van der Waals surface area (Å²) in [6.07, 6.45) is 2.03. The quantitative estimate of drug-likeness (QED) is 0.524. The second-order valence-corrected chi connectivity index (χ2v) is 8.47. The number of pyridine rings is 1. The lowest BCUT2D eigenvalue weighted by Gasteiger charge is -2.56. The van der Waals surface area contributed by atoms with Crippen LogP contribution in [0.3, 0.4) is 0 Å². The second-order valence-electron chi connectivity index (χ2n) is 7.78. The molecular weight excluding hydrogens is 396 g/mol. The standard InChI is InChI=1S/C17H18Cl2FN5O2/c1-17(2,3)27-16(26)24-6-8-4-9(7-24)25(8)14-10-5-21-13(18)11(20)12(10)22-15(19)23-14/h5,8-9H,4,6-7H2,1-3H3. The van der Waals surface area contributed by atoms with E-state index < -0.39 is 11.4 Å². The minimum Gasteiger partial charge on any atom is -0.444 e. The van der Waals surface area contributed by atoms with Gasteiger partial charge in [0.1, 0.15) is 16.9 Å². The van der Waals surface area contributed by atoms with Crippen molar-refractivity contribution in [3.63, 3.8) is 0 Å². The van der Waals surface area contributed by atoms with Crippen molar-refractivity contribution in [3.8, 4) is 0 Å². The average molecular weight is 414 g/mol. The maximum absolute atomic E-state index is 14.3. The van der Waals surface area contributed by atoms with Crippen LogP contribution < -0.4 is 4.90 Å². The molecule has 7 nitrogen and oxygen atoms in total. The van der Waals surface area contributed by atoms with Crippen LogP contribution >= 0.6 is 23.2 Å². The second kappa shape index (κ2) is 6.31. The minimum atomic E-state index is -0.721. The largest absolute Gasteiger partial charge is 0.444 e. The van der Waals surface area contributed by atoms with Crippen LogP contribution in [0.5, 0.6) is 0 Å². The van der Waals surface area contributed by atoms with Gasteiger partial charge in [0.05, 0.1) is 17.5 Å². The number of aromatic nitrogens is 3. The highest BCUT2D eigenvalue weighted by molar-refractivity contribution is 6.30. The molecule has 2 bridgehead atoms. The molecule has 27 heavy (non-hydrogen) atoms.